The molecule has 25 heavy (non-hydrogen) atoms. The third kappa shape index (κ3) is 3.80. The van der Waals surface area contributed by atoms with E-state index in [1.807, 2.05) is 25.3 Å². The number of fused-ring (bicyclic) bond motifs is 1. The van der Waals surface area contributed by atoms with Gasteiger partial charge in [0.25, 0.3) is 11.5 Å². The number of quaternary nitrogens is 1. The Morgan fingerprint density at radius 2 is 2.28 bits per heavy atom. The molecule has 8 heteroatoms. The Hall–Kier alpha value is -2.45. The van der Waals surface area contributed by atoms with Gasteiger partial charge in [0, 0.05) is 17.5 Å². The standard InChI is InChI=1S/C17H20N4O3S/c1-3-18-14(22)9-21(4-2)8-13-19-16(23)15-11(10-25-17(15)20-13)12-6-5-7-24-12/h5-7,10H,3-4,8-9H2,1-2H3,(H,18,22)(H,19,20,23)/p+1. The molecule has 0 aliphatic rings. The van der Waals surface area contributed by atoms with Crippen molar-refractivity contribution in [2.45, 2.75) is 20.4 Å². The number of nitrogens with one attached hydrogen (secondary N) is 3. The lowest BCUT2D eigenvalue weighted by atomic mass is 10.2. The van der Waals surface area contributed by atoms with Crippen molar-refractivity contribution in [2.75, 3.05) is 19.6 Å². The highest BCUT2D eigenvalue weighted by atomic mass is 32.1. The highest BCUT2D eigenvalue weighted by molar-refractivity contribution is 7.17. The van der Waals surface area contributed by atoms with Crippen LogP contribution in [0.4, 0.5) is 0 Å². The molecule has 0 saturated heterocycles. The molecule has 1 unspecified atom stereocenters. The van der Waals surface area contributed by atoms with Gasteiger partial charge in [0.15, 0.2) is 12.4 Å². The summed E-state index contributed by atoms with van der Waals surface area (Å²) in [5.41, 5.74) is 0.577. The van der Waals surface area contributed by atoms with Crippen LogP contribution in [0.15, 0.2) is 33.0 Å². The van der Waals surface area contributed by atoms with E-state index in [0.717, 1.165) is 17.0 Å². The van der Waals surface area contributed by atoms with E-state index in [1.54, 1.807) is 12.3 Å². The molecule has 0 aromatic carbocycles. The quantitative estimate of drug-likeness (QED) is 0.580. The zero-order valence-corrected chi connectivity index (χ0v) is 15.0. The maximum atomic E-state index is 12.6. The van der Waals surface area contributed by atoms with E-state index >= 15 is 0 Å². The van der Waals surface area contributed by atoms with Crippen LogP contribution in [-0.4, -0.2) is 35.5 Å². The number of aromatic nitrogens is 2. The van der Waals surface area contributed by atoms with Crippen LogP contribution in [0.25, 0.3) is 21.5 Å². The third-order valence-corrected chi connectivity index (χ3v) is 4.85. The van der Waals surface area contributed by atoms with Crippen LogP contribution in [-0.2, 0) is 11.3 Å². The molecule has 0 bridgehead atoms. The first-order valence-corrected chi connectivity index (χ1v) is 9.14. The van der Waals surface area contributed by atoms with Gasteiger partial charge in [-0.15, -0.1) is 11.3 Å². The fraction of sp³-hybridized carbons (Fsp3) is 0.353. The molecule has 0 radical (unpaired) electrons. The summed E-state index contributed by atoms with van der Waals surface area (Å²) >= 11 is 1.42. The summed E-state index contributed by atoms with van der Waals surface area (Å²) in [4.78, 5) is 33.5. The molecule has 3 rings (SSSR count). The molecule has 0 aliphatic carbocycles. The van der Waals surface area contributed by atoms with Crippen molar-refractivity contribution >= 4 is 27.5 Å². The normalized spacial score (nSPS) is 12.4. The van der Waals surface area contributed by atoms with Crippen molar-refractivity contribution in [3.05, 3.63) is 40.0 Å². The minimum Gasteiger partial charge on any atom is -0.464 e. The molecule has 3 heterocycles. The molecule has 0 fully saturated rings. The fourth-order valence-corrected chi connectivity index (χ4v) is 3.67. The molecule has 3 aromatic rings. The van der Waals surface area contributed by atoms with E-state index in [9.17, 15) is 9.59 Å². The summed E-state index contributed by atoms with van der Waals surface area (Å²) in [5, 5.41) is 5.23. The Bertz CT molecular complexity index is 914. The van der Waals surface area contributed by atoms with Crippen molar-refractivity contribution in [3.8, 4) is 11.3 Å². The van der Waals surface area contributed by atoms with Gasteiger partial charge in [-0.05, 0) is 26.0 Å². The lowest BCUT2D eigenvalue weighted by Crippen LogP contribution is -3.11. The number of rotatable bonds is 7. The van der Waals surface area contributed by atoms with Gasteiger partial charge in [0.1, 0.15) is 17.1 Å². The monoisotopic (exact) mass is 361 g/mol. The molecule has 3 N–H and O–H groups in total. The van der Waals surface area contributed by atoms with Crippen molar-refractivity contribution in [1.29, 1.82) is 0 Å². The first-order valence-electron chi connectivity index (χ1n) is 8.26. The molecule has 1 amide bonds. The van der Waals surface area contributed by atoms with Crippen LogP contribution in [0, 0.1) is 0 Å². The Kier molecular flexibility index (Phi) is 5.30. The molecule has 3 aromatic heterocycles. The lowest BCUT2D eigenvalue weighted by molar-refractivity contribution is -0.904. The predicted octanol–water partition coefficient (Wildman–Crippen LogP) is 0.786. The second-order valence-corrected chi connectivity index (χ2v) is 6.59. The number of furan rings is 1. The Morgan fingerprint density at radius 3 is 2.96 bits per heavy atom. The first-order chi connectivity index (χ1) is 12.1. The van der Waals surface area contributed by atoms with Gasteiger partial charge in [0.2, 0.25) is 0 Å². The lowest BCUT2D eigenvalue weighted by Gasteiger charge is -2.16. The van der Waals surface area contributed by atoms with Crippen molar-refractivity contribution in [3.63, 3.8) is 0 Å². The smallest absolute Gasteiger partial charge is 0.275 e. The summed E-state index contributed by atoms with van der Waals surface area (Å²) in [7, 11) is 0. The number of thiophene rings is 1. The number of H-pyrrole nitrogens is 1. The van der Waals surface area contributed by atoms with Crippen molar-refractivity contribution in [2.24, 2.45) is 0 Å². The Balaban J connectivity index is 1.86. The molecular weight excluding hydrogens is 340 g/mol. The second kappa shape index (κ2) is 7.62. The minimum atomic E-state index is -0.180. The van der Waals surface area contributed by atoms with Crippen LogP contribution in [0.1, 0.15) is 19.7 Å². The summed E-state index contributed by atoms with van der Waals surface area (Å²) in [6.07, 6.45) is 1.58. The maximum absolute atomic E-state index is 12.6. The summed E-state index contributed by atoms with van der Waals surface area (Å²) in [5.74, 6) is 1.24. The number of likely N-dealkylation sites (N-methyl/N-ethyl adjacent to an activating group) is 2. The van der Waals surface area contributed by atoms with Crippen LogP contribution in [0.2, 0.25) is 0 Å². The summed E-state index contributed by atoms with van der Waals surface area (Å²) in [6, 6.07) is 3.61. The summed E-state index contributed by atoms with van der Waals surface area (Å²) < 4.78 is 5.40. The Morgan fingerprint density at radius 1 is 1.44 bits per heavy atom. The van der Waals surface area contributed by atoms with Gasteiger partial charge in [0.05, 0.1) is 18.2 Å². The predicted molar refractivity (Wildman–Crippen MR) is 96.7 cm³/mol. The third-order valence-electron chi connectivity index (χ3n) is 3.98. The SMILES string of the molecule is CCNC(=O)C[NH+](CC)Cc1nc2scc(-c3ccco3)c2c(=O)[nH]1. The van der Waals surface area contributed by atoms with Crippen LogP contribution in [0.3, 0.4) is 0 Å². The van der Waals surface area contributed by atoms with Crippen molar-refractivity contribution < 1.29 is 14.1 Å². The van der Waals surface area contributed by atoms with Crippen molar-refractivity contribution in [1.82, 2.24) is 15.3 Å². The summed E-state index contributed by atoms with van der Waals surface area (Å²) in [6.45, 7) is 6.12. The van der Waals surface area contributed by atoms with Crippen LogP contribution in [0.5, 0.6) is 0 Å². The van der Waals surface area contributed by atoms with E-state index in [1.165, 1.54) is 11.3 Å². The van der Waals surface area contributed by atoms with Gasteiger partial charge >= 0.3 is 0 Å². The molecular formula is C17H21N4O3S+. The highest BCUT2D eigenvalue weighted by Gasteiger charge is 2.18. The van der Waals surface area contributed by atoms with Crippen LogP contribution >= 0.6 is 11.3 Å². The van der Waals surface area contributed by atoms with Gasteiger partial charge in [-0.25, -0.2) is 4.98 Å². The van der Waals surface area contributed by atoms with Gasteiger partial charge < -0.3 is 19.6 Å². The number of hydrogen-bond acceptors (Lipinski definition) is 5. The number of carbonyl (C=O) groups excluding carboxylic acids is 1. The topological polar surface area (TPSA) is 92.4 Å². The second-order valence-electron chi connectivity index (χ2n) is 5.73. The number of nitrogens with zero attached hydrogens (tertiary/aromatic N) is 1. The molecule has 132 valence electrons. The van der Waals surface area contributed by atoms with E-state index < -0.39 is 0 Å². The largest absolute Gasteiger partial charge is 0.464 e. The highest BCUT2D eigenvalue weighted by Crippen LogP contribution is 2.30. The fourth-order valence-electron chi connectivity index (χ4n) is 2.73. The van der Waals surface area contributed by atoms with Crippen LogP contribution < -0.4 is 15.8 Å². The number of amides is 1. The number of hydrogen-bond donors (Lipinski definition) is 3. The molecule has 0 saturated carbocycles. The van der Waals surface area contributed by atoms with E-state index in [2.05, 4.69) is 15.3 Å². The Labute approximate surface area is 148 Å². The van der Waals surface area contributed by atoms with E-state index in [0.29, 0.717) is 41.4 Å². The molecule has 1 atom stereocenters. The van der Waals surface area contributed by atoms with Gasteiger partial charge in [-0.3, -0.25) is 9.59 Å². The average molecular weight is 361 g/mol. The number of carbonyl (C=O) groups is 1. The van der Waals surface area contributed by atoms with Gasteiger partial charge in [-0.2, -0.15) is 0 Å². The van der Waals surface area contributed by atoms with Gasteiger partial charge in [-0.1, -0.05) is 0 Å². The first kappa shape index (κ1) is 17.4. The minimum absolute atomic E-state index is 0.000922. The molecule has 0 aliphatic heterocycles. The number of aromatic amines is 1. The zero-order chi connectivity index (χ0) is 17.8. The average Bonchev–Trinajstić information content (AvgIpc) is 3.23. The van der Waals surface area contributed by atoms with E-state index in [-0.39, 0.29) is 11.5 Å². The zero-order valence-electron chi connectivity index (χ0n) is 14.2. The molecule has 0 spiro atoms. The van der Waals surface area contributed by atoms with E-state index in [4.69, 9.17) is 4.42 Å². The maximum Gasteiger partial charge on any atom is 0.275 e. The molecule has 7 nitrogen and oxygen atoms in total.